The van der Waals surface area contributed by atoms with Crippen molar-refractivity contribution in [2.45, 2.75) is 6.10 Å². The van der Waals surface area contributed by atoms with E-state index in [1.165, 1.54) is 5.57 Å². The predicted molar refractivity (Wildman–Crippen MR) is 93.7 cm³/mol. The van der Waals surface area contributed by atoms with Gasteiger partial charge in [-0.25, -0.2) is 4.98 Å². The monoisotopic (exact) mass is 323 g/mol. The maximum Gasteiger partial charge on any atom is 0.127 e. The Morgan fingerprint density at radius 1 is 1.17 bits per heavy atom. The summed E-state index contributed by atoms with van der Waals surface area (Å²) in [6, 6.07) is 13.8. The highest BCUT2D eigenvalue weighted by atomic mass is 16.5. The van der Waals surface area contributed by atoms with E-state index < -0.39 is 0 Å². The van der Waals surface area contributed by atoms with Crippen LogP contribution in [0.1, 0.15) is 17.4 Å². The molecule has 5 nitrogen and oxygen atoms in total. The second-order valence-electron chi connectivity index (χ2n) is 6.21. The fraction of sp³-hybridized carbons (Fsp3) is 0.316. The molecule has 2 aliphatic rings. The zero-order valence-electron chi connectivity index (χ0n) is 13.5. The van der Waals surface area contributed by atoms with Gasteiger partial charge in [0.25, 0.3) is 0 Å². The number of rotatable bonds is 3. The van der Waals surface area contributed by atoms with Gasteiger partial charge in [0.15, 0.2) is 0 Å². The average Bonchev–Trinajstić information content (AvgIpc) is 2.62. The minimum Gasteiger partial charge on any atom is -0.489 e. The molecule has 3 heterocycles. The minimum atomic E-state index is -0.0281. The van der Waals surface area contributed by atoms with Crippen molar-refractivity contribution in [3.63, 3.8) is 0 Å². The van der Waals surface area contributed by atoms with Gasteiger partial charge in [-0.05, 0) is 29.8 Å². The van der Waals surface area contributed by atoms with Gasteiger partial charge in [0.1, 0.15) is 24.3 Å². The predicted octanol–water partition coefficient (Wildman–Crippen LogP) is 2.51. The summed E-state index contributed by atoms with van der Waals surface area (Å²) >= 11 is 0. The first kappa shape index (κ1) is 15.2. The number of para-hydroxylation sites is 1. The van der Waals surface area contributed by atoms with E-state index in [1.807, 2.05) is 30.3 Å². The molecular weight excluding hydrogens is 302 g/mol. The Labute approximate surface area is 141 Å². The van der Waals surface area contributed by atoms with Crippen molar-refractivity contribution in [1.29, 1.82) is 0 Å². The first-order valence-electron chi connectivity index (χ1n) is 8.25. The molecule has 1 aromatic carbocycles. The molecule has 1 aromatic heterocycles. The summed E-state index contributed by atoms with van der Waals surface area (Å²) in [5.74, 6) is 1.50. The summed E-state index contributed by atoms with van der Waals surface area (Å²) in [6.45, 7) is 3.96. The second-order valence-corrected chi connectivity index (χ2v) is 6.21. The van der Waals surface area contributed by atoms with Gasteiger partial charge < -0.3 is 15.2 Å². The maximum absolute atomic E-state index is 5.88. The SMILES string of the molecule is Nc1cccc([C@H]2CN(CC3=Cc4ccccc4OC3)CCO2)n1. The number of nitrogens with two attached hydrogens (primary N) is 1. The molecule has 5 heteroatoms. The number of aromatic nitrogens is 1. The van der Waals surface area contributed by atoms with Gasteiger partial charge >= 0.3 is 0 Å². The smallest absolute Gasteiger partial charge is 0.127 e. The molecular formula is C19H21N3O2. The van der Waals surface area contributed by atoms with Crippen molar-refractivity contribution in [1.82, 2.24) is 9.88 Å². The fourth-order valence-corrected chi connectivity index (χ4v) is 3.22. The van der Waals surface area contributed by atoms with E-state index in [4.69, 9.17) is 15.2 Å². The maximum atomic E-state index is 5.88. The molecule has 1 saturated heterocycles. The van der Waals surface area contributed by atoms with Crippen LogP contribution >= 0.6 is 0 Å². The summed E-state index contributed by atoms with van der Waals surface area (Å²) in [7, 11) is 0. The van der Waals surface area contributed by atoms with E-state index in [2.05, 4.69) is 22.0 Å². The van der Waals surface area contributed by atoms with Crippen LogP contribution in [0.25, 0.3) is 6.08 Å². The largest absolute Gasteiger partial charge is 0.489 e. The van der Waals surface area contributed by atoms with Crippen LogP contribution in [0, 0.1) is 0 Å². The van der Waals surface area contributed by atoms with Crippen LogP contribution in [0.15, 0.2) is 48.0 Å². The number of anilines is 1. The highest BCUT2D eigenvalue weighted by Gasteiger charge is 2.24. The summed E-state index contributed by atoms with van der Waals surface area (Å²) in [4.78, 5) is 6.79. The molecule has 0 bridgehead atoms. The number of fused-ring (bicyclic) bond motifs is 1. The van der Waals surface area contributed by atoms with Gasteiger partial charge in [0.05, 0.1) is 12.3 Å². The number of nitrogen functional groups attached to an aromatic ring is 1. The van der Waals surface area contributed by atoms with Crippen LogP contribution in [0.3, 0.4) is 0 Å². The molecule has 4 rings (SSSR count). The minimum absolute atomic E-state index is 0.0281. The third-order valence-electron chi connectivity index (χ3n) is 4.39. The Hall–Kier alpha value is -2.37. The highest BCUT2D eigenvalue weighted by Crippen LogP contribution is 2.27. The van der Waals surface area contributed by atoms with E-state index in [9.17, 15) is 0 Å². The number of ether oxygens (including phenoxy) is 2. The standard InChI is InChI=1S/C19H21N3O2/c20-19-7-3-5-16(21-19)18-12-22(8-9-23-18)11-14-10-15-4-1-2-6-17(15)24-13-14/h1-7,10,18H,8-9,11-13H2,(H2,20,21)/t18-/m1/s1. The molecule has 2 aliphatic heterocycles. The Bertz CT molecular complexity index is 760. The molecule has 0 aliphatic carbocycles. The third-order valence-corrected chi connectivity index (χ3v) is 4.39. The number of hydrogen-bond donors (Lipinski definition) is 1. The van der Waals surface area contributed by atoms with Crippen molar-refractivity contribution in [2.24, 2.45) is 0 Å². The molecule has 2 aromatic rings. The first-order valence-corrected chi connectivity index (χ1v) is 8.25. The Balaban J connectivity index is 1.45. The Kier molecular flexibility index (Phi) is 4.19. The lowest BCUT2D eigenvalue weighted by Gasteiger charge is -2.33. The van der Waals surface area contributed by atoms with Gasteiger partial charge in [-0.15, -0.1) is 0 Å². The van der Waals surface area contributed by atoms with Crippen molar-refractivity contribution < 1.29 is 9.47 Å². The van der Waals surface area contributed by atoms with Gasteiger partial charge in [-0.2, -0.15) is 0 Å². The lowest BCUT2D eigenvalue weighted by Crippen LogP contribution is -2.40. The average molecular weight is 323 g/mol. The van der Waals surface area contributed by atoms with Crippen LogP contribution < -0.4 is 10.5 Å². The van der Waals surface area contributed by atoms with Crippen LogP contribution in [0.4, 0.5) is 5.82 Å². The van der Waals surface area contributed by atoms with Crippen LogP contribution in [-0.2, 0) is 4.74 Å². The Morgan fingerprint density at radius 2 is 2.08 bits per heavy atom. The second kappa shape index (κ2) is 6.63. The molecule has 2 N–H and O–H groups in total. The molecule has 1 fully saturated rings. The summed E-state index contributed by atoms with van der Waals surface area (Å²) in [6.07, 6.45) is 2.21. The third kappa shape index (κ3) is 3.27. The summed E-state index contributed by atoms with van der Waals surface area (Å²) < 4.78 is 11.7. The van der Waals surface area contributed by atoms with E-state index in [0.717, 1.165) is 36.6 Å². The van der Waals surface area contributed by atoms with Crippen LogP contribution in [-0.4, -0.2) is 42.7 Å². The Morgan fingerprint density at radius 3 is 3.00 bits per heavy atom. The highest BCUT2D eigenvalue weighted by molar-refractivity contribution is 5.62. The molecule has 0 spiro atoms. The summed E-state index contributed by atoms with van der Waals surface area (Å²) in [5.41, 5.74) is 9.13. The number of hydrogen-bond acceptors (Lipinski definition) is 5. The molecule has 24 heavy (non-hydrogen) atoms. The van der Waals surface area contributed by atoms with E-state index >= 15 is 0 Å². The zero-order chi connectivity index (χ0) is 16.4. The molecule has 0 saturated carbocycles. The first-order chi connectivity index (χ1) is 11.8. The van der Waals surface area contributed by atoms with Gasteiger partial charge in [-0.1, -0.05) is 24.3 Å². The van der Waals surface area contributed by atoms with E-state index in [1.54, 1.807) is 6.07 Å². The number of nitrogens with zero attached hydrogens (tertiary/aromatic N) is 2. The lowest BCUT2D eigenvalue weighted by atomic mass is 10.1. The van der Waals surface area contributed by atoms with Gasteiger partial charge in [0, 0.05) is 25.2 Å². The van der Waals surface area contributed by atoms with Crippen molar-refractivity contribution >= 4 is 11.9 Å². The van der Waals surface area contributed by atoms with Crippen molar-refractivity contribution in [2.75, 3.05) is 38.6 Å². The molecule has 0 unspecified atom stereocenters. The lowest BCUT2D eigenvalue weighted by molar-refractivity contribution is -0.0293. The fourth-order valence-electron chi connectivity index (χ4n) is 3.22. The van der Waals surface area contributed by atoms with E-state index in [-0.39, 0.29) is 6.10 Å². The quantitative estimate of drug-likeness (QED) is 0.940. The van der Waals surface area contributed by atoms with Gasteiger partial charge in [-0.3, -0.25) is 4.90 Å². The topological polar surface area (TPSA) is 60.6 Å². The summed E-state index contributed by atoms with van der Waals surface area (Å²) in [5, 5.41) is 0. The van der Waals surface area contributed by atoms with Crippen molar-refractivity contribution in [3.8, 4) is 5.75 Å². The molecule has 124 valence electrons. The number of benzene rings is 1. The molecule has 0 radical (unpaired) electrons. The van der Waals surface area contributed by atoms with Crippen LogP contribution in [0.2, 0.25) is 0 Å². The normalized spacial score (nSPS) is 20.8. The van der Waals surface area contributed by atoms with Gasteiger partial charge in [0.2, 0.25) is 0 Å². The molecule has 0 amide bonds. The number of pyridine rings is 1. The van der Waals surface area contributed by atoms with Crippen molar-refractivity contribution in [3.05, 3.63) is 59.3 Å². The zero-order valence-corrected chi connectivity index (χ0v) is 13.5. The number of morpholine rings is 1. The molecule has 1 atom stereocenters. The van der Waals surface area contributed by atoms with E-state index in [0.29, 0.717) is 19.0 Å². The van der Waals surface area contributed by atoms with Crippen LogP contribution in [0.5, 0.6) is 5.75 Å².